The average Bonchev–Trinajstić information content (AvgIpc) is 2.61. The molecule has 1 heterocycles. The van der Waals surface area contributed by atoms with Crippen LogP contribution in [0.2, 0.25) is 0 Å². The highest BCUT2D eigenvalue weighted by Gasteiger charge is 2.35. The van der Waals surface area contributed by atoms with Crippen LogP contribution in [0.15, 0.2) is 0 Å². The van der Waals surface area contributed by atoms with Gasteiger partial charge in [-0.1, -0.05) is 13.8 Å². The van der Waals surface area contributed by atoms with Gasteiger partial charge in [0.15, 0.2) is 0 Å². The minimum Gasteiger partial charge on any atom is -0.344 e. The largest absolute Gasteiger partial charge is 0.344 e. The number of urea groups is 1. The molecule has 0 saturated carbocycles. The lowest BCUT2D eigenvalue weighted by Gasteiger charge is -2.23. The predicted octanol–water partition coefficient (Wildman–Crippen LogP) is 0.134. The summed E-state index contributed by atoms with van der Waals surface area (Å²) in [4.78, 5) is 39.0. The van der Waals surface area contributed by atoms with Crippen LogP contribution < -0.4 is 5.73 Å². The van der Waals surface area contributed by atoms with Gasteiger partial charge < -0.3 is 15.5 Å². The van der Waals surface area contributed by atoms with E-state index >= 15 is 0 Å². The van der Waals surface area contributed by atoms with Crippen molar-refractivity contribution in [2.75, 3.05) is 33.7 Å². The zero-order chi connectivity index (χ0) is 15.4. The molecule has 0 aliphatic carbocycles. The van der Waals surface area contributed by atoms with Crippen molar-refractivity contribution in [2.24, 2.45) is 11.7 Å². The maximum atomic E-state index is 12.0. The van der Waals surface area contributed by atoms with Crippen molar-refractivity contribution in [2.45, 2.75) is 26.3 Å². The first-order valence-electron chi connectivity index (χ1n) is 6.79. The Bertz CT molecular complexity index is 403. The van der Waals surface area contributed by atoms with Crippen LogP contribution in [0.4, 0.5) is 4.79 Å². The molecule has 1 aliphatic rings. The Morgan fingerprint density at radius 3 is 2.38 bits per heavy atom. The molecule has 0 radical (unpaired) electrons. The fourth-order valence-corrected chi connectivity index (χ4v) is 1.88. The number of carbonyl (C=O) groups excluding carboxylic acids is 3. The number of hydrogen-bond donors (Lipinski definition) is 1. The Hall–Kier alpha value is -1.34. The van der Waals surface area contributed by atoms with Gasteiger partial charge in [0.25, 0.3) is 5.91 Å². The van der Waals surface area contributed by atoms with E-state index in [2.05, 4.69) is 0 Å². The minimum atomic E-state index is -0.421. The van der Waals surface area contributed by atoms with Crippen LogP contribution in [0.3, 0.4) is 0 Å². The second kappa shape index (κ2) is 8.19. The van der Waals surface area contributed by atoms with Gasteiger partial charge in [-0.25, -0.2) is 4.79 Å². The summed E-state index contributed by atoms with van der Waals surface area (Å²) >= 11 is 0. The highest BCUT2D eigenvalue weighted by molar-refractivity contribution is 6.04. The molecule has 8 heteroatoms. The van der Waals surface area contributed by atoms with Gasteiger partial charge in [-0.05, 0) is 12.3 Å². The van der Waals surface area contributed by atoms with Gasteiger partial charge in [0.1, 0.15) is 13.1 Å². The summed E-state index contributed by atoms with van der Waals surface area (Å²) < 4.78 is 0. The van der Waals surface area contributed by atoms with Crippen molar-refractivity contribution < 1.29 is 14.4 Å². The lowest BCUT2D eigenvalue weighted by Crippen LogP contribution is -2.43. The fraction of sp³-hybridized carbons (Fsp3) is 0.769. The standard InChI is InChI=1S/C13H24N4O3.ClH/c1-9(2)10(14)5-6-15(3)11(18)8-17-12(19)7-16(4)13(17)20;/h9-10H,5-8,14H2,1-4H3;1H. The summed E-state index contributed by atoms with van der Waals surface area (Å²) in [5, 5.41) is 0. The molecule has 1 fully saturated rings. The molecule has 21 heavy (non-hydrogen) atoms. The first kappa shape index (κ1) is 19.7. The van der Waals surface area contributed by atoms with E-state index in [0.717, 1.165) is 4.90 Å². The van der Waals surface area contributed by atoms with Crippen LogP contribution in [0, 0.1) is 5.92 Å². The topological polar surface area (TPSA) is 86.9 Å². The molecule has 0 aromatic heterocycles. The highest BCUT2D eigenvalue weighted by Crippen LogP contribution is 2.09. The Kier molecular flexibility index (Phi) is 7.67. The van der Waals surface area contributed by atoms with Gasteiger partial charge in [0.05, 0.1) is 0 Å². The first-order valence-corrected chi connectivity index (χ1v) is 6.79. The molecule has 0 aromatic carbocycles. The molecule has 122 valence electrons. The third-order valence-electron chi connectivity index (χ3n) is 3.60. The zero-order valence-corrected chi connectivity index (χ0v) is 13.9. The van der Waals surface area contributed by atoms with Crippen molar-refractivity contribution in [3.8, 4) is 0 Å². The van der Waals surface area contributed by atoms with E-state index in [1.165, 1.54) is 16.8 Å². The van der Waals surface area contributed by atoms with Gasteiger partial charge in [0, 0.05) is 26.7 Å². The molecule has 0 spiro atoms. The third kappa shape index (κ3) is 5.17. The summed E-state index contributed by atoms with van der Waals surface area (Å²) in [6.07, 6.45) is 0.696. The highest BCUT2D eigenvalue weighted by atomic mass is 35.5. The van der Waals surface area contributed by atoms with Crippen LogP contribution in [-0.2, 0) is 9.59 Å². The summed E-state index contributed by atoms with van der Waals surface area (Å²) in [6.45, 7) is 4.42. The van der Waals surface area contributed by atoms with Crippen LogP contribution in [-0.4, -0.2) is 72.3 Å². The normalized spacial score (nSPS) is 16.3. The maximum Gasteiger partial charge on any atom is 0.327 e. The third-order valence-corrected chi connectivity index (χ3v) is 3.60. The SMILES string of the molecule is CC(C)C(N)CCN(C)C(=O)CN1C(=O)CN(C)C1=O.Cl. The van der Waals surface area contributed by atoms with E-state index in [1.54, 1.807) is 7.05 Å². The molecule has 1 rings (SSSR count). The van der Waals surface area contributed by atoms with Crippen LogP contribution in [0.1, 0.15) is 20.3 Å². The van der Waals surface area contributed by atoms with Crippen molar-refractivity contribution >= 4 is 30.3 Å². The van der Waals surface area contributed by atoms with E-state index < -0.39 is 6.03 Å². The molecule has 1 unspecified atom stereocenters. The first-order chi connectivity index (χ1) is 9.23. The molecule has 7 nitrogen and oxygen atoms in total. The summed E-state index contributed by atoms with van der Waals surface area (Å²) in [5.41, 5.74) is 5.93. The minimum absolute atomic E-state index is 0. The monoisotopic (exact) mass is 320 g/mol. The number of likely N-dealkylation sites (N-methyl/N-ethyl adjacent to an activating group) is 2. The lowest BCUT2D eigenvalue weighted by molar-refractivity contribution is -0.135. The smallest absolute Gasteiger partial charge is 0.327 e. The number of rotatable bonds is 6. The number of amides is 4. The summed E-state index contributed by atoms with van der Waals surface area (Å²) in [6, 6.07) is -0.387. The molecule has 0 aromatic rings. The Morgan fingerprint density at radius 2 is 1.95 bits per heavy atom. The summed E-state index contributed by atoms with van der Waals surface area (Å²) in [5.74, 6) is -0.232. The molecule has 1 saturated heterocycles. The van der Waals surface area contributed by atoms with Gasteiger partial charge in [-0.2, -0.15) is 0 Å². The average molecular weight is 321 g/mol. The molecule has 1 aliphatic heterocycles. The van der Waals surface area contributed by atoms with Crippen molar-refractivity contribution in [3.05, 3.63) is 0 Å². The number of hydrogen-bond acceptors (Lipinski definition) is 4. The lowest BCUT2D eigenvalue weighted by atomic mass is 10.0. The quantitative estimate of drug-likeness (QED) is 0.705. The van der Waals surface area contributed by atoms with Crippen molar-refractivity contribution in [3.63, 3.8) is 0 Å². The van der Waals surface area contributed by atoms with Gasteiger partial charge in [-0.3, -0.25) is 14.5 Å². The van der Waals surface area contributed by atoms with Gasteiger partial charge in [0.2, 0.25) is 5.91 Å². The molecule has 2 N–H and O–H groups in total. The van der Waals surface area contributed by atoms with Crippen LogP contribution in [0.25, 0.3) is 0 Å². The van der Waals surface area contributed by atoms with E-state index in [4.69, 9.17) is 5.73 Å². The number of imide groups is 1. The van der Waals surface area contributed by atoms with Gasteiger partial charge in [-0.15, -0.1) is 12.4 Å². The Balaban J connectivity index is 0.00000400. The number of carbonyl (C=O) groups is 3. The van der Waals surface area contributed by atoms with E-state index in [1.807, 2.05) is 13.8 Å². The Labute approximate surface area is 131 Å². The van der Waals surface area contributed by atoms with Crippen LogP contribution in [0.5, 0.6) is 0 Å². The zero-order valence-electron chi connectivity index (χ0n) is 13.0. The maximum absolute atomic E-state index is 12.0. The molecule has 1 atom stereocenters. The summed E-state index contributed by atoms with van der Waals surface area (Å²) in [7, 11) is 3.19. The van der Waals surface area contributed by atoms with E-state index in [9.17, 15) is 14.4 Å². The van der Waals surface area contributed by atoms with E-state index in [0.29, 0.717) is 18.9 Å². The second-order valence-electron chi connectivity index (χ2n) is 5.63. The Morgan fingerprint density at radius 1 is 1.38 bits per heavy atom. The van der Waals surface area contributed by atoms with Crippen molar-refractivity contribution in [1.29, 1.82) is 0 Å². The molecular weight excluding hydrogens is 296 g/mol. The predicted molar refractivity (Wildman–Crippen MR) is 82.1 cm³/mol. The number of nitrogens with zero attached hydrogens (tertiary/aromatic N) is 3. The van der Waals surface area contributed by atoms with Crippen LogP contribution >= 0.6 is 12.4 Å². The van der Waals surface area contributed by atoms with E-state index in [-0.39, 0.29) is 43.4 Å². The molecule has 4 amide bonds. The number of halogens is 1. The molecule has 0 bridgehead atoms. The second-order valence-corrected chi connectivity index (χ2v) is 5.63. The number of nitrogens with two attached hydrogens (primary N) is 1. The fourth-order valence-electron chi connectivity index (χ4n) is 1.88. The molecular formula is C13H25ClN4O3. The van der Waals surface area contributed by atoms with Crippen molar-refractivity contribution in [1.82, 2.24) is 14.7 Å². The van der Waals surface area contributed by atoms with Gasteiger partial charge >= 0.3 is 6.03 Å².